The van der Waals surface area contributed by atoms with Gasteiger partial charge in [0.1, 0.15) is 0 Å². The smallest absolute Gasteiger partial charge is 0.306 e. The molecule has 0 aliphatic carbocycles. The van der Waals surface area contributed by atoms with Crippen LogP contribution >= 0.6 is 11.6 Å². The molecule has 1 N–H and O–H groups in total. The van der Waals surface area contributed by atoms with Gasteiger partial charge in [0.05, 0.1) is 17.2 Å². The zero-order valence-corrected chi connectivity index (χ0v) is 6.65. The van der Waals surface area contributed by atoms with Crippen LogP contribution < -0.4 is 0 Å². The van der Waals surface area contributed by atoms with Crippen LogP contribution in [0, 0.1) is 10.1 Å². The third-order valence-electron chi connectivity index (χ3n) is 1.25. The second-order valence-electron chi connectivity index (χ2n) is 2.03. The van der Waals surface area contributed by atoms with Gasteiger partial charge in [-0.05, 0) is 6.07 Å². The van der Waals surface area contributed by atoms with E-state index in [0.29, 0.717) is 5.69 Å². The SMILES string of the molecule is O=[N+]([O-])c1ccc(CO)nc1Cl. The van der Waals surface area contributed by atoms with E-state index in [0.717, 1.165) is 0 Å². The van der Waals surface area contributed by atoms with E-state index >= 15 is 0 Å². The first-order valence-electron chi connectivity index (χ1n) is 3.06. The molecular formula is C6H5ClN2O3. The molecule has 6 heteroatoms. The number of aromatic nitrogens is 1. The summed E-state index contributed by atoms with van der Waals surface area (Å²) in [6.07, 6.45) is 0. The first-order chi connectivity index (χ1) is 5.65. The number of nitro groups is 1. The Hall–Kier alpha value is -1.20. The van der Waals surface area contributed by atoms with Gasteiger partial charge in [-0.3, -0.25) is 10.1 Å². The highest BCUT2D eigenvalue weighted by molar-refractivity contribution is 6.31. The molecule has 0 aliphatic rings. The number of halogens is 1. The molecule has 1 rings (SSSR count). The summed E-state index contributed by atoms with van der Waals surface area (Å²) < 4.78 is 0. The molecule has 0 unspecified atom stereocenters. The molecule has 0 atom stereocenters. The highest BCUT2D eigenvalue weighted by Gasteiger charge is 2.12. The van der Waals surface area contributed by atoms with Crippen molar-refractivity contribution in [3.05, 3.63) is 33.1 Å². The molecule has 0 saturated carbocycles. The third kappa shape index (κ3) is 1.69. The second kappa shape index (κ2) is 3.46. The maximum atomic E-state index is 10.2. The van der Waals surface area contributed by atoms with Crippen molar-refractivity contribution >= 4 is 17.3 Å². The van der Waals surface area contributed by atoms with Gasteiger partial charge in [0, 0.05) is 6.07 Å². The van der Waals surface area contributed by atoms with Crippen LogP contribution in [0.1, 0.15) is 5.69 Å². The molecule has 0 spiro atoms. The lowest BCUT2D eigenvalue weighted by molar-refractivity contribution is -0.385. The fourth-order valence-corrected chi connectivity index (χ4v) is 0.929. The van der Waals surface area contributed by atoms with Gasteiger partial charge in [0.25, 0.3) is 0 Å². The molecule has 0 aliphatic heterocycles. The average Bonchev–Trinajstić information content (AvgIpc) is 2.03. The van der Waals surface area contributed by atoms with Crippen LogP contribution in [0.3, 0.4) is 0 Å². The van der Waals surface area contributed by atoms with Crippen molar-refractivity contribution in [2.45, 2.75) is 6.61 Å². The summed E-state index contributed by atoms with van der Waals surface area (Å²) in [4.78, 5) is 13.2. The van der Waals surface area contributed by atoms with Crippen molar-refractivity contribution in [1.82, 2.24) is 4.98 Å². The van der Waals surface area contributed by atoms with Gasteiger partial charge in [-0.25, -0.2) is 4.98 Å². The highest BCUT2D eigenvalue weighted by atomic mass is 35.5. The van der Waals surface area contributed by atoms with E-state index in [2.05, 4.69) is 4.98 Å². The lowest BCUT2D eigenvalue weighted by Gasteiger charge is -1.96. The topological polar surface area (TPSA) is 76.3 Å². The highest BCUT2D eigenvalue weighted by Crippen LogP contribution is 2.21. The van der Waals surface area contributed by atoms with Crippen LogP contribution in [-0.2, 0) is 6.61 Å². The van der Waals surface area contributed by atoms with Crippen molar-refractivity contribution in [1.29, 1.82) is 0 Å². The Morgan fingerprint density at radius 2 is 2.33 bits per heavy atom. The van der Waals surface area contributed by atoms with Crippen molar-refractivity contribution in [3.8, 4) is 0 Å². The van der Waals surface area contributed by atoms with Gasteiger partial charge in [0.2, 0.25) is 5.15 Å². The lowest BCUT2D eigenvalue weighted by atomic mass is 10.3. The van der Waals surface area contributed by atoms with Crippen LogP contribution in [0.15, 0.2) is 12.1 Å². The van der Waals surface area contributed by atoms with Gasteiger partial charge >= 0.3 is 5.69 Å². The molecule has 5 nitrogen and oxygen atoms in total. The predicted molar refractivity (Wildman–Crippen MR) is 41.8 cm³/mol. The fraction of sp³-hybridized carbons (Fsp3) is 0.167. The number of rotatable bonds is 2. The zero-order valence-electron chi connectivity index (χ0n) is 5.90. The molecule has 0 saturated heterocycles. The Labute approximate surface area is 72.8 Å². The summed E-state index contributed by atoms with van der Waals surface area (Å²) in [6.45, 7) is -0.280. The van der Waals surface area contributed by atoms with Crippen LogP contribution in [-0.4, -0.2) is 15.0 Å². The molecule has 0 radical (unpaired) electrons. The summed E-state index contributed by atoms with van der Waals surface area (Å²) in [7, 11) is 0. The number of aliphatic hydroxyl groups excluding tert-OH is 1. The van der Waals surface area contributed by atoms with Crippen molar-refractivity contribution < 1.29 is 10.0 Å². The maximum Gasteiger partial charge on any atom is 0.306 e. The number of hydrogen-bond acceptors (Lipinski definition) is 4. The van der Waals surface area contributed by atoms with E-state index in [1.807, 2.05) is 0 Å². The summed E-state index contributed by atoms with van der Waals surface area (Å²) in [5.41, 5.74) is 0.0551. The van der Waals surface area contributed by atoms with E-state index < -0.39 is 4.92 Å². The van der Waals surface area contributed by atoms with Crippen molar-refractivity contribution in [2.75, 3.05) is 0 Å². The Morgan fingerprint density at radius 3 is 2.75 bits per heavy atom. The van der Waals surface area contributed by atoms with Crippen LogP contribution in [0.2, 0.25) is 5.15 Å². The monoisotopic (exact) mass is 188 g/mol. The molecular weight excluding hydrogens is 184 g/mol. The minimum Gasteiger partial charge on any atom is -0.390 e. The maximum absolute atomic E-state index is 10.2. The number of aliphatic hydroxyl groups is 1. The van der Waals surface area contributed by atoms with Gasteiger partial charge in [-0.1, -0.05) is 11.6 Å². The molecule has 64 valence electrons. The van der Waals surface area contributed by atoms with E-state index in [4.69, 9.17) is 16.7 Å². The predicted octanol–water partition coefficient (Wildman–Crippen LogP) is 1.14. The standard InChI is InChI=1S/C6H5ClN2O3/c7-6-5(9(11)12)2-1-4(3-10)8-6/h1-2,10H,3H2. The quantitative estimate of drug-likeness (QED) is 0.429. The molecule has 1 aromatic rings. The minimum absolute atomic E-state index is 0.202. The summed E-state index contributed by atoms with van der Waals surface area (Å²) in [6, 6.07) is 2.56. The van der Waals surface area contributed by atoms with Crippen LogP contribution in [0.25, 0.3) is 0 Å². The summed E-state index contributed by atoms with van der Waals surface area (Å²) in [5.74, 6) is 0. The van der Waals surface area contributed by atoms with E-state index in [9.17, 15) is 10.1 Å². The second-order valence-corrected chi connectivity index (χ2v) is 2.39. The van der Waals surface area contributed by atoms with Gasteiger partial charge in [-0.2, -0.15) is 0 Å². The Bertz CT molecular complexity index is 316. The minimum atomic E-state index is -0.628. The Morgan fingerprint density at radius 1 is 1.67 bits per heavy atom. The number of nitrogens with zero attached hydrogens (tertiary/aromatic N) is 2. The molecule has 1 heterocycles. The third-order valence-corrected chi connectivity index (χ3v) is 1.52. The van der Waals surface area contributed by atoms with Crippen LogP contribution in [0.4, 0.5) is 5.69 Å². The van der Waals surface area contributed by atoms with Crippen molar-refractivity contribution in [3.63, 3.8) is 0 Å². The molecule has 0 aromatic carbocycles. The summed E-state index contributed by atoms with van der Waals surface area (Å²) in [5, 5.41) is 18.6. The van der Waals surface area contributed by atoms with E-state index in [1.54, 1.807) is 0 Å². The van der Waals surface area contributed by atoms with Gasteiger partial charge in [0.15, 0.2) is 0 Å². The van der Waals surface area contributed by atoms with E-state index in [1.165, 1.54) is 12.1 Å². The first-order valence-corrected chi connectivity index (χ1v) is 3.43. The Balaban J connectivity index is 3.12. The average molecular weight is 189 g/mol. The van der Waals surface area contributed by atoms with Gasteiger partial charge < -0.3 is 5.11 Å². The number of pyridine rings is 1. The van der Waals surface area contributed by atoms with Gasteiger partial charge in [-0.15, -0.1) is 0 Å². The first kappa shape index (κ1) is 8.89. The zero-order chi connectivity index (χ0) is 9.14. The van der Waals surface area contributed by atoms with E-state index in [-0.39, 0.29) is 17.4 Å². The normalized spacial score (nSPS) is 9.83. The lowest BCUT2D eigenvalue weighted by Crippen LogP contribution is -1.94. The molecule has 1 aromatic heterocycles. The number of hydrogen-bond donors (Lipinski definition) is 1. The Kier molecular flexibility index (Phi) is 2.57. The molecule has 0 bridgehead atoms. The molecule has 0 fully saturated rings. The van der Waals surface area contributed by atoms with Crippen molar-refractivity contribution in [2.24, 2.45) is 0 Å². The largest absolute Gasteiger partial charge is 0.390 e. The molecule has 0 amide bonds. The summed E-state index contributed by atoms with van der Waals surface area (Å²) >= 11 is 5.44. The van der Waals surface area contributed by atoms with Crippen LogP contribution in [0.5, 0.6) is 0 Å². The molecule has 12 heavy (non-hydrogen) atoms. The fourth-order valence-electron chi connectivity index (χ4n) is 0.689.